The normalized spacial score (nSPS) is 22.4. The van der Waals surface area contributed by atoms with E-state index >= 15 is 0 Å². The van der Waals surface area contributed by atoms with Crippen molar-refractivity contribution in [1.82, 2.24) is 10.1 Å². The molecule has 0 radical (unpaired) electrons. The average Bonchev–Trinajstić information content (AvgIpc) is 2.88. The van der Waals surface area contributed by atoms with Crippen molar-refractivity contribution >= 4 is 12.4 Å². The third-order valence-corrected chi connectivity index (χ3v) is 4.17. The van der Waals surface area contributed by atoms with Gasteiger partial charge in [0.25, 0.3) is 0 Å². The van der Waals surface area contributed by atoms with Gasteiger partial charge >= 0.3 is 0 Å². The molecule has 3 nitrogen and oxygen atoms in total. The van der Waals surface area contributed by atoms with Crippen molar-refractivity contribution in [2.45, 2.75) is 51.0 Å². The Bertz CT molecular complexity index is 367. The maximum Gasteiger partial charge on any atom is 0.157 e. The molecule has 0 spiro atoms. The molecule has 0 saturated carbocycles. The summed E-state index contributed by atoms with van der Waals surface area (Å²) in [5.41, 5.74) is 1.35. The van der Waals surface area contributed by atoms with Crippen LogP contribution in [0.4, 0.5) is 0 Å². The highest BCUT2D eigenvalue weighted by Crippen LogP contribution is 2.46. The Morgan fingerprint density at radius 1 is 1.35 bits per heavy atom. The van der Waals surface area contributed by atoms with Crippen LogP contribution < -0.4 is 0 Å². The molecule has 0 bridgehead atoms. The van der Waals surface area contributed by atoms with E-state index in [-0.39, 0.29) is 17.9 Å². The van der Waals surface area contributed by atoms with Crippen molar-refractivity contribution in [3.05, 3.63) is 17.5 Å². The number of aromatic nitrogens is 1. The first-order valence-corrected chi connectivity index (χ1v) is 6.56. The van der Waals surface area contributed by atoms with E-state index in [2.05, 4.69) is 23.0 Å². The summed E-state index contributed by atoms with van der Waals surface area (Å²) in [4.78, 5) is 2.60. The Morgan fingerprint density at radius 3 is 2.71 bits per heavy atom. The Morgan fingerprint density at radius 2 is 2.06 bits per heavy atom. The van der Waals surface area contributed by atoms with Crippen molar-refractivity contribution in [3.8, 4) is 0 Å². The summed E-state index contributed by atoms with van der Waals surface area (Å²) in [5.74, 6) is 1.13. The molecular formula is C13H21ClN2O. The zero-order valence-electron chi connectivity index (χ0n) is 10.4. The fraction of sp³-hybridized carbons (Fsp3) is 0.769. The van der Waals surface area contributed by atoms with Crippen LogP contribution in [0.25, 0.3) is 0 Å². The minimum absolute atomic E-state index is 0. The molecule has 2 fully saturated rings. The highest BCUT2D eigenvalue weighted by molar-refractivity contribution is 5.85. The van der Waals surface area contributed by atoms with E-state index in [0.29, 0.717) is 0 Å². The molecule has 96 valence electrons. The van der Waals surface area contributed by atoms with Gasteiger partial charge in [0, 0.05) is 6.07 Å². The summed E-state index contributed by atoms with van der Waals surface area (Å²) in [6.45, 7) is 4.66. The van der Waals surface area contributed by atoms with E-state index in [4.69, 9.17) is 4.52 Å². The number of hydrogen-bond acceptors (Lipinski definition) is 3. The molecular weight excluding hydrogens is 236 g/mol. The summed E-state index contributed by atoms with van der Waals surface area (Å²) >= 11 is 0. The van der Waals surface area contributed by atoms with Gasteiger partial charge in [0.15, 0.2) is 5.76 Å². The topological polar surface area (TPSA) is 29.3 Å². The van der Waals surface area contributed by atoms with E-state index < -0.39 is 0 Å². The Balaban J connectivity index is 0.00000108. The van der Waals surface area contributed by atoms with E-state index in [0.717, 1.165) is 24.3 Å². The summed E-state index contributed by atoms with van der Waals surface area (Å²) in [7, 11) is 0. The summed E-state index contributed by atoms with van der Waals surface area (Å²) in [6, 6.07) is 2.20. The number of hydrogen-bond donors (Lipinski definition) is 0. The SMILES string of the molecule is CCCc1cc(C23CCCN2CCC3)on1.Cl. The first-order valence-electron chi connectivity index (χ1n) is 6.56. The number of nitrogens with zero attached hydrogens (tertiary/aromatic N) is 2. The third-order valence-electron chi connectivity index (χ3n) is 4.17. The second-order valence-corrected chi connectivity index (χ2v) is 5.16. The molecule has 0 atom stereocenters. The number of fused-ring (bicyclic) bond motifs is 1. The second kappa shape index (κ2) is 4.99. The lowest BCUT2D eigenvalue weighted by Crippen LogP contribution is -2.34. The van der Waals surface area contributed by atoms with Crippen LogP contribution >= 0.6 is 12.4 Å². The predicted octanol–water partition coefficient (Wildman–Crippen LogP) is 3.13. The molecule has 0 unspecified atom stereocenters. The first-order chi connectivity index (χ1) is 7.85. The molecule has 2 saturated heterocycles. The smallest absolute Gasteiger partial charge is 0.157 e. The fourth-order valence-corrected chi connectivity index (χ4v) is 3.41. The summed E-state index contributed by atoms with van der Waals surface area (Å²) < 4.78 is 5.61. The molecule has 0 aromatic carbocycles. The van der Waals surface area contributed by atoms with Crippen LogP contribution in [-0.4, -0.2) is 23.1 Å². The summed E-state index contributed by atoms with van der Waals surface area (Å²) in [6.07, 6.45) is 7.32. The van der Waals surface area contributed by atoms with Gasteiger partial charge in [-0.3, -0.25) is 4.90 Å². The molecule has 0 amide bonds. The van der Waals surface area contributed by atoms with Crippen molar-refractivity contribution in [2.75, 3.05) is 13.1 Å². The molecule has 0 N–H and O–H groups in total. The van der Waals surface area contributed by atoms with Crippen molar-refractivity contribution in [2.24, 2.45) is 0 Å². The number of halogens is 1. The third kappa shape index (κ3) is 2.00. The van der Waals surface area contributed by atoms with Crippen LogP contribution in [-0.2, 0) is 12.0 Å². The molecule has 4 heteroatoms. The zero-order valence-corrected chi connectivity index (χ0v) is 11.3. The Hall–Kier alpha value is -0.540. The lowest BCUT2D eigenvalue weighted by Gasteiger charge is -2.28. The first kappa shape index (κ1) is 12.9. The molecule has 1 aromatic rings. The molecule has 3 rings (SSSR count). The maximum absolute atomic E-state index is 5.61. The molecule has 1 aromatic heterocycles. The van der Waals surface area contributed by atoms with E-state index in [9.17, 15) is 0 Å². The Kier molecular flexibility index (Phi) is 3.79. The fourth-order valence-electron chi connectivity index (χ4n) is 3.41. The van der Waals surface area contributed by atoms with Crippen molar-refractivity contribution in [1.29, 1.82) is 0 Å². The average molecular weight is 257 g/mol. The van der Waals surface area contributed by atoms with Crippen LogP contribution in [0, 0.1) is 0 Å². The van der Waals surface area contributed by atoms with Gasteiger partial charge in [0.2, 0.25) is 0 Å². The molecule has 2 aliphatic heterocycles. The van der Waals surface area contributed by atoms with Gasteiger partial charge in [-0.2, -0.15) is 0 Å². The molecule has 2 aliphatic rings. The van der Waals surface area contributed by atoms with Crippen LogP contribution in [0.1, 0.15) is 50.5 Å². The largest absolute Gasteiger partial charge is 0.359 e. The van der Waals surface area contributed by atoms with Gasteiger partial charge in [-0.25, -0.2) is 0 Å². The Labute approximate surface area is 109 Å². The standard InChI is InChI=1S/C13H20N2O.ClH/c1-2-5-11-10-12(16-14-11)13-6-3-8-15(13)9-4-7-13;/h10H,2-9H2,1H3;1H. The highest BCUT2D eigenvalue weighted by atomic mass is 35.5. The minimum Gasteiger partial charge on any atom is -0.359 e. The lowest BCUT2D eigenvalue weighted by atomic mass is 9.91. The quantitative estimate of drug-likeness (QED) is 0.832. The molecule has 17 heavy (non-hydrogen) atoms. The van der Waals surface area contributed by atoms with Gasteiger partial charge in [-0.05, 0) is 45.2 Å². The molecule has 0 aliphatic carbocycles. The number of aryl methyl sites for hydroxylation is 1. The zero-order chi connectivity index (χ0) is 11.0. The predicted molar refractivity (Wildman–Crippen MR) is 69.5 cm³/mol. The summed E-state index contributed by atoms with van der Waals surface area (Å²) in [5, 5.41) is 4.20. The minimum atomic E-state index is 0. The van der Waals surface area contributed by atoms with E-state index in [1.807, 2.05) is 0 Å². The van der Waals surface area contributed by atoms with Crippen molar-refractivity contribution in [3.63, 3.8) is 0 Å². The van der Waals surface area contributed by atoms with Gasteiger partial charge in [-0.15, -0.1) is 12.4 Å². The van der Waals surface area contributed by atoms with Crippen LogP contribution in [0.3, 0.4) is 0 Å². The van der Waals surface area contributed by atoms with Crippen LogP contribution in [0.15, 0.2) is 10.6 Å². The van der Waals surface area contributed by atoms with Gasteiger partial charge < -0.3 is 4.52 Å². The van der Waals surface area contributed by atoms with E-state index in [1.54, 1.807) is 0 Å². The lowest BCUT2D eigenvalue weighted by molar-refractivity contribution is 0.150. The van der Waals surface area contributed by atoms with Crippen LogP contribution in [0.5, 0.6) is 0 Å². The van der Waals surface area contributed by atoms with Gasteiger partial charge in [0.1, 0.15) is 0 Å². The molecule has 3 heterocycles. The van der Waals surface area contributed by atoms with Crippen molar-refractivity contribution < 1.29 is 4.52 Å². The highest BCUT2D eigenvalue weighted by Gasteiger charge is 2.48. The monoisotopic (exact) mass is 256 g/mol. The number of rotatable bonds is 3. The van der Waals surface area contributed by atoms with Gasteiger partial charge in [0.05, 0.1) is 11.2 Å². The van der Waals surface area contributed by atoms with Gasteiger partial charge in [-0.1, -0.05) is 18.5 Å². The van der Waals surface area contributed by atoms with E-state index in [1.165, 1.54) is 38.8 Å². The maximum atomic E-state index is 5.61. The van der Waals surface area contributed by atoms with Crippen LogP contribution in [0.2, 0.25) is 0 Å². The second-order valence-electron chi connectivity index (χ2n) is 5.16.